The zero-order valence-corrected chi connectivity index (χ0v) is 12.4. The number of nitrogens with zero attached hydrogens (tertiary/aromatic N) is 1. The fourth-order valence-corrected chi connectivity index (χ4v) is 2.89. The van der Waals surface area contributed by atoms with Crippen LogP contribution in [0.5, 0.6) is 0 Å². The summed E-state index contributed by atoms with van der Waals surface area (Å²) in [5, 5.41) is 2.54. The Morgan fingerprint density at radius 1 is 1.13 bits per heavy atom. The molecule has 0 heterocycles. The highest BCUT2D eigenvalue weighted by atomic mass is 19.2. The van der Waals surface area contributed by atoms with E-state index in [-0.39, 0.29) is 17.5 Å². The molecule has 2 aromatic carbocycles. The molecule has 23 heavy (non-hydrogen) atoms. The molecule has 0 saturated heterocycles. The van der Waals surface area contributed by atoms with Crippen LogP contribution >= 0.6 is 0 Å². The van der Waals surface area contributed by atoms with Gasteiger partial charge in [-0.15, -0.1) is 0 Å². The van der Waals surface area contributed by atoms with E-state index in [4.69, 9.17) is 0 Å². The van der Waals surface area contributed by atoms with Gasteiger partial charge in [-0.2, -0.15) is 0 Å². The molecular weight excluding hydrogens is 305 g/mol. The van der Waals surface area contributed by atoms with Gasteiger partial charge in [-0.3, -0.25) is 0 Å². The van der Waals surface area contributed by atoms with Crippen LogP contribution in [0.4, 0.5) is 23.7 Å². The first-order valence-corrected chi connectivity index (χ1v) is 7.23. The Balaban J connectivity index is 1.75. The Bertz CT molecular complexity index is 763. The second-order valence-electron chi connectivity index (χ2n) is 5.57. The minimum atomic E-state index is -1.02. The van der Waals surface area contributed by atoms with E-state index in [1.165, 1.54) is 23.1 Å². The van der Waals surface area contributed by atoms with E-state index in [1.54, 1.807) is 13.1 Å². The van der Waals surface area contributed by atoms with Gasteiger partial charge in [0.15, 0.2) is 11.6 Å². The summed E-state index contributed by atoms with van der Waals surface area (Å²) in [5.41, 5.74) is 1.98. The summed E-state index contributed by atoms with van der Waals surface area (Å²) in [6, 6.07) is 7.12. The van der Waals surface area contributed by atoms with Gasteiger partial charge < -0.3 is 10.2 Å². The number of hydrogen-bond acceptors (Lipinski definition) is 1. The number of aryl methyl sites for hydroxylation is 1. The predicted molar refractivity (Wildman–Crippen MR) is 80.6 cm³/mol. The van der Waals surface area contributed by atoms with Crippen LogP contribution in [0.3, 0.4) is 0 Å². The van der Waals surface area contributed by atoms with E-state index in [1.807, 2.05) is 0 Å². The summed E-state index contributed by atoms with van der Waals surface area (Å²) in [6.45, 7) is 0. The smallest absolute Gasteiger partial charge is 0.321 e. The third-order valence-corrected chi connectivity index (χ3v) is 4.11. The fraction of sp³-hybridized carbons (Fsp3) is 0.235. The number of amides is 2. The van der Waals surface area contributed by atoms with Crippen LogP contribution in [-0.2, 0) is 6.42 Å². The van der Waals surface area contributed by atoms with Gasteiger partial charge in [0, 0.05) is 18.8 Å². The van der Waals surface area contributed by atoms with Crippen molar-refractivity contribution in [2.75, 3.05) is 12.4 Å². The zero-order chi connectivity index (χ0) is 16.6. The molecular formula is C17H15F3N2O. The topological polar surface area (TPSA) is 32.3 Å². The number of hydrogen-bond donors (Lipinski definition) is 1. The average Bonchev–Trinajstić information content (AvgIpc) is 2.93. The van der Waals surface area contributed by atoms with Gasteiger partial charge in [-0.1, -0.05) is 6.07 Å². The maximum atomic E-state index is 13.2. The molecule has 120 valence electrons. The van der Waals surface area contributed by atoms with Gasteiger partial charge in [-0.05, 0) is 48.2 Å². The van der Waals surface area contributed by atoms with Crippen LogP contribution in [0.2, 0.25) is 0 Å². The van der Waals surface area contributed by atoms with E-state index in [9.17, 15) is 18.0 Å². The lowest BCUT2D eigenvalue weighted by atomic mass is 10.1. The monoisotopic (exact) mass is 320 g/mol. The number of benzene rings is 2. The SMILES string of the molecule is CN(C(=O)Nc1ccc(F)c(F)c1)C1CCc2cc(F)ccc21. The minimum Gasteiger partial charge on any atom is -0.321 e. The molecule has 1 atom stereocenters. The lowest BCUT2D eigenvalue weighted by Gasteiger charge is -2.25. The van der Waals surface area contributed by atoms with Crippen LogP contribution in [0, 0.1) is 17.5 Å². The average molecular weight is 320 g/mol. The van der Waals surface area contributed by atoms with Crippen molar-refractivity contribution in [3.63, 3.8) is 0 Å². The largest absolute Gasteiger partial charge is 0.322 e. The summed E-state index contributed by atoms with van der Waals surface area (Å²) >= 11 is 0. The van der Waals surface area contributed by atoms with Gasteiger partial charge in [0.2, 0.25) is 0 Å². The van der Waals surface area contributed by atoms with E-state index < -0.39 is 17.7 Å². The molecule has 0 aromatic heterocycles. The maximum absolute atomic E-state index is 13.2. The van der Waals surface area contributed by atoms with Gasteiger partial charge in [0.05, 0.1) is 6.04 Å². The normalized spacial score (nSPS) is 16.1. The number of nitrogens with one attached hydrogen (secondary N) is 1. The summed E-state index contributed by atoms with van der Waals surface area (Å²) < 4.78 is 39.3. The lowest BCUT2D eigenvalue weighted by Crippen LogP contribution is -2.34. The molecule has 6 heteroatoms. The van der Waals surface area contributed by atoms with E-state index in [0.29, 0.717) is 12.8 Å². The molecule has 1 unspecified atom stereocenters. The Labute approximate surface area is 131 Å². The first-order valence-electron chi connectivity index (χ1n) is 7.23. The first-order chi connectivity index (χ1) is 11.0. The Morgan fingerprint density at radius 3 is 2.65 bits per heavy atom. The Morgan fingerprint density at radius 2 is 1.91 bits per heavy atom. The number of carbonyl (C=O) groups excluding carboxylic acids is 1. The van der Waals surface area contributed by atoms with Crippen molar-refractivity contribution in [3.8, 4) is 0 Å². The van der Waals surface area contributed by atoms with E-state index in [2.05, 4.69) is 5.32 Å². The van der Waals surface area contributed by atoms with Crippen molar-refractivity contribution in [1.29, 1.82) is 0 Å². The summed E-state index contributed by atoms with van der Waals surface area (Å²) in [6.07, 6.45) is 1.39. The number of rotatable bonds is 2. The zero-order valence-electron chi connectivity index (χ0n) is 12.4. The molecule has 0 aliphatic heterocycles. The second kappa shape index (κ2) is 5.95. The lowest BCUT2D eigenvalue weighted by molar-refractivity contribution is 0.204. The molecule has 3 nitrogen and oxygen atoms in total. The number of anilines is 1. The number of urea groups is 1. The predicted octanol–water partition coefficient (Wildman–Crippen LogP) is 4.26. The van der Waals surface area contributed by atoms with Crippen molar-refractivity contribution in [2.24, 2.45) is 0 Å². The minimum absolute atomic E-state index is 0.170. The standard InChI is InChI=1S/C17H15F3N2O/c1-22(16-7-2-10-8-11(18)3-5-13(10)16)17(23)21-12-4-6-14(19)15(20)9-12/h3-6,8-9,16H,2,7H2,1H3,(H,21,23). The highest BCUT2D eigenvalue weighted by Crippen LogP contribution is 2.35. The molecule has 0 radical (unpaired) electrons. The van der Waals surface area contributed by atoms with Crippen molar-refractivity contribution in [2.45, 2.75) is 18.9 Å². The first kappa shape index (κ1) is 15.4. The maximum Gasteiger partial charge on any atom is 0.322 e. The fourth-order valence-electron chi connectivity index (χ4n) is 2.89. The van der Waals surface area contributed by atoms with E-state index >= 15 is 0 Å². The molecule has 0 spiro atoms. The quantitative estimate of drug-likeness (QED) is 0.881. The van der Waals surface area contributed by atoms with Crippen LogP contribution in [0.25, 0.3) is 0 Å². The molecule has 2 amide bonds. The molecule has 1 aliphatic carbocycles. The van der Waals surface area contributed by atoms with Gasteiger partial charge in [-0.25, -0.2) is 18.0 Å². The molecule has 3 rings (SSSR count). The molecule has 1 aliphatic rings. The molecule has 0 fully saturated rings. The van der Waals surface area contributed by atoms with Crippen LogP contribution in [0.1, 0.15) is 23.6 Å². The van der Waals surface area contributed by atoms with Crippen LogP contribution in [-0.4, -0.2) is 18.0 Å². The summed E-state index contributed by atoms with van der Waals surface area (Å²) in [5.74, 6) is -2.28. The highest BCUT2D eigenvalue weighted by Gasteiger charge is 2.29. The second-order valence-corrected chi connectivity index (χ2v) is 5.57. The van der Waals surface area contributed by atoms with Gasteiger partial charge >= 0.3 is 6.03 Å². The van der Waals surface area contributed by atoms with Crippen molar-refractivity contribution < 1.29 is 18.0 Å². The third-order valence-electron chi connectivity index (χ3n) is 4.11. The Hall–Kier alpha value is -2.50. The van der Waals surface area contributed by atoms with Gasteiger partial charge in [0.1, 0.15) is 5.82 Å². The molecule has 2 aromatic rings. The van der Waals surface area contributed by atoms with E-state index in [0.717, 1.165) is 23.3 Å². The Kier molecular flexibility index (Phi) is 3.98. The van der Waals surface area contributed by atoms with Crippen molar-refractivity contribution in [1.82, 2.24) is 4.90 Å². The summed E-state index contributed by atoms with van der Waals surface area (Å²) in [7, 11) is 1.62. The molecule has 1 N–H and O–H groups in total. The molecule has 0 bridgehead atoms. The van der Waals surface area contributed by atoms with Crippen LogP contribution in [0.15, 0.2) is 36.4 Å². The van der Waals surface area contributed by atoms with Crippen molar-refractivity contribution >= 4 is 11.7 Å². The number of fused-ring (bicyclic) bond motifs is 1. The third kappa shape index (κ3) is 3.02. The summed E-state index contributed by atoms with van der Waals surface area (Å²) in [4.78, 5) is 13.8. The van der Waals surface area contributed by atoms with Gasteiger partial charge in [0.25, 0.3) is 0 Å². The van der Waals surface area contributed by atoms with Crippen molar-refractivity contribution in [3.05, 3.63) is 65.0 Å². The molecule has 0 saturated carbocycles. The number of halogens is 3. The number of carbonyl (C=O) groups is 1. The highest BCUT2D eigenvalue weighted by molar-refractivity contribution is 5.89. The van der Waals surface area contributed by atoms with Crippen LogP contribution < -0.4 is 5.32 Å².